The molecular formula is C14H20N4O2. The number of nitriles is 1. The van der Waals surface area contributed by atoms with E-state index >= 15 is 0 Å². The molecule has 108 valence electrons. The van der Waals surface area contributed by atoms with Crippen LogP contribution in [-0.2, 0) is 4.74 Å². The summed E-state index contributed by atoms with van der Waals surface area (Å²) in [7, 11) is 0. The summed E-state index contributed by atoms with van der Waals surface area (Å²) in [5.41, 5.74) is -0.0500. The Balaban J connectivity index is 1.89. The van der Waals surface area contributed by atoms with Gasteiger partial charge in [-0.05, 0) is 33.6 Å². The molecule has 0 bridgehead atoms. The zero-order valence-corrected chi connectivity index (χ0v) is 12.1. The van der Waals surface area contributed by atoms with Gasteiger partial charge in [0.2, 0.25) is 0 Å². The Labute approximate surface area is 118 Å². The molecule has 0 radical (unpaired) electrons. The molecule has 0 saturated carbocycles. The lowest BCUT2D eigenvalue weighted by Gasteiger charge is -2.32. The summed E-state index contributed by atoms with van der Waals surface area (Å²) in [6.45, 7) is 6.90. The normalized spacial score (nSPS) is 16.8. The van der Waals surface area contributed by atoms with Gasteiger partial charge >= 0.3 is 6.09 Å². The molecule has 1 aliphatic rings. The van der Waals surface area contributed by atoms with Gasteiger partial charge in [0.1, 0.15) is 17.5 Å². The minimum atomic E-state index is -0.462. The Kier molecular flexibility index (Phi) is 3.98. The first kappa shape index (κ1) is 14.4. The number of rotatable bonds is 1. The van der Waals surface area contributed by atoms with Crippen LogP contribution >= 0.6 is 0 Å². The molecule has 1 fully saturated rings. The molecule has 0 aliphatic carbocycles. The summed E-state index contributed by atoms with van der Waals surface area (Å²) < 4.78 is 5.36. The van der Waals surface area contributed by atoms with Crippen molar-refractivity contribution in [2.75, 3.05) is 13.1 Å². The third-order valence-corrected chi connectivity index (χ3v) is 3.25. The van der Waals surface area contributed by atoms with Crippen LogP contribution < -0.4 is 0 Å². The van der Waals surface area contributed by atoms with E-state index in [1.165, 1.54) is 0 Å². The van der Waals surface area contributed by atoms with Gasteiger partial charge in [0, 0.05) is 25.2 Å². The summed E-state index contributed by atoms with van der Waals surface area (Å²) in [4.78, 5) is 20.9. The topological polar surface area (TPSA) is 82.0 Å². The van der Waals surface area contributed by atoms with Crippen molar-refractivity contribution < 1.29 is 9.53 Å². The molecule has 6 nitrogen and oxygen atoms in total. The number of imidazole rings is 1. The standard InChI is InChI=1S/C14H20N4O2/c1-14(2,3)20-13(19)18-6-4-10(5-7-18)12-16-9-11(8-15)17-12/h9-10H,4-7H2,1-3H3,(H,16,17). The van der Waals surface area contributed by atoms with Crippen LogP contribution in [0.5, 0.6) is 0 Å². The van der Waals surface area contributed by atoms with Crippen LogP contribution in [0.25, 0.3) is 0 Å². The van der Waals surface area contributed by atoms with Gasteiger partial charge in [-0.2, -0.15) is 5.26 Å². The molecule has 1 N–H and O–H groups in total. The van der Waals surface area contributed by atoms with Crippen LogP contribution in [0, 0.1) is 11.3 Å². The number of nitrogens with one attached hydrogen (secondary N) is 1. The number of aromatic nitrogens is 2. The highest BCUT2D eigenvalue weighted by molar-refractivity contribution is 5.68. The van der Waals surface area contributed by atoms with Crippen LogP contribution in [0.2, 0.25) is 0 Å². The zero-order valence-electron chi connectivity index (χ0n) is 12.1. The van der Waals surface area contributed by atoms with E-state index < -0.39 is 5.60 Å². The van der Waals surface area contributed by atoms with Gasteiger partial charge in [-0.15, -0.1) is 0 Å². The van der Waals surface area contributed by atoms with Crippen LogP contribution in [-0.4, -0.2) is 39.7 Å². The minimum absolute atomic E-state index is 0.256. The van der Waals surface area contributed by atoms with E-state index in [1.807, 2.05) is 26.8 Å². The van der Waals surface area contributed by atoms with Crippen LogP contribution in [0.1, 0.15) is 51.0 Å². The number of piperidine rings is 1. The fourth-order valence-electron chi connectivity index (χ4n) is 2.27. The molecule has 1 saturated heterocycles. The Hall–Kier alpha value is -2.03. The van der Waals surface area contributed by atoms with Crippen LogP contribution in [0.15, 0.2) is 6.20 Å². The van der Waals surface area contributed by atoms with Gasteiger partial charge in [0.05, 0.1) is 0 Å². The zero-order chi connectivity index (χ0) is 14.8. The largest absolute Gasteiger partial charge is 0.444 e. The summed E-state index contributed by atoms with van der Waals surface area (Å²) in [6, 6.07) is 2.01. The molecular weight excluding hydrogens is 256 g/mol. The average molecular weight is 276 g/mol. The summed E-state index contributed by atoms with van der Waals surface area (Å²) in [6.07, 6.45) is 3.03. The van der Waals surface area contributed by atoms with E-state index in [9.17, 15) is 4.79 Å². The van der Waals surface area contributed by atoms with Crippen molar-refractivity contribution in [3.63, 3.8) is 0 Å². The van der Waals surface area contributed by atoms with Gasteiger partial charge in [0.25, 0.3) is 0 Å². The number of carbonyl (C=O) groups is 1. The van der Waals surface area contributed by atoms with Gasteiger partial charge in [-0.3, -0.25) is 0 Å². The summed E-state index contributed by atoms with van der Waals surface area (Å²) >= 11 is 0. The maximum atomic E-state index is 11.9. The van der Waals surface area contributed by atoms with Gasteiger partial charge in [0.15, 0.2) is 5.69 Å². The van der Waals surface area contributed by atoms with E-state index in [0.717, 1.165) is 18.7 Å². The molecule has 2 rings (SSSR count). The van der Waals surface area contributed by atoms with Crippen molar-refractivity contribution in [2.45, 2.75) is 45.1 Å². The summed E-state index contributed by atoms with van der Waals surface area (Å²) in [5.74, 6) is 1.11. The molecule has 2 heterocycles. The smallest absolute Gasteiger partial charge is 0.410 e. The highest BCUT2D eigenvalue weighted by atomic mass is 16.6. The second-order valence-corrected chi connectivity index (χ2v) is 6.02. The number of aromatic amines is 1. The number of likely N-dealkylation sites (tertiary alicyclic amines) is 1. The molecule has 20 heavy (non-hydrogen) atoms. The number of H-pyrrole nitrogens is 1. The molecule has 1 amide bonds. The van der Waals surface area contributed by atoms with Crippen LogP contribution in [0.4, 0.5) is 4.79 Å². The first-order valence-electron chi connectivity index (χ1n) is 6.82. The number of hydrogen-bond acceptors (Lipinski definition) is 4. The second-order valence-electron chi connectivity index (χ2n) is 6.02. The maximum Gasteiger partial charge on any atom is 0.410 e. The Morgan fingerprint density at radius 3 is 2.65 bits per heavy atom. The highest BCUT2D eigenvalue weighted by Gasteiger charge is 2.28. The maximum absolute atomic E-state index is 11.9. The predicted molar refractivity (Wildman–Crippen MR) is 73.1 cm³/mol. The van der Waals surface area contributed by atoms with Crippen LogP contribution in [0.3, 0.4) is 0 Å². The number of ether oxygens (including phenoxy) is 1. The lowest BCUT2D eigenvalue weighted by molar-refractivity contribution is 0.0203. The minimum Gasteiger partial charge on any atom is -0.444 e. The molecule has 1 aliphatic heterocycles. The van der Waals surface area contributed by atoms with Crippen molar-refractivity contribution >= 4 is 6.09 Å². The third-order valence-electron chi connectivity index (χ3n) is 3.25. The Morgan fingerprint density at radius 1 is 1.50 bits per heavy atom. The fourth-order valence-corrected chi connectivity index (χ4v) is 2.27. The lowest BCUT2D eigenvalue weighted by Crippen LogP contribution is -2.41. The first-order chi connectivity index (χ1) is 9.39. The molecule has 0 unspecified atom stereocenters. The molecule has 6 heteroatoms. The third kappa shape index (κ3) is 3.50. The van der Waals surface area contributed by atoms with E-state index in [-0.39, 0.29) is 12.0 Å². The Morgan fingerprint density at radius 2 is 2.15 bits per heavy atom. The first-order valence-corrected chi connectivity index (χ1v) is 6.82. The SMILES string of the molecule is CC(C)(C)OC(=O)N1CCC(c2nc(C#N)c[nH]2)CC1. The average Bonchev–Trinajstić information content (AvgIpc) is 2.85. The molecule has 1 aromatic rings. The van der Waals surface area contributed by atoms with Crippen molar-refractivity contribution in [2.24, 2.45) is 0 Å². The molecule has 0 spiro atoms. The predicted octanol–water partition coefficient (Wildman–Crippen LogP) is 2.40. The quantitative estimate of drug-likeness (QED) is 0.853. The number of amides is 1. The number of hydrogen-bond donors (Lipinski definition) is 1. The van der Waals surface area contributed by atoms with Crippen molar-refractivity contribution in [1.82, 2.24) is 14.9 Å². The summed E-state index contributed by atoms with van der Waals surface area (Å²) in [5, 5.41) is 8.77. The highest BCUT2D eigenvalue weighted by Crippen LogP contribution is 2.26. The molecule has 1 aromatic heterocycles. The van der Waals surface area contributed by atoms with E-state index in [0.29, 0.717) is 18.8 Å². The molecule has 0 aromatic carbocycles. The van der Waals surface area contributed by atoms with Crippen molar-refractivity contribution in [3.05, 3.63) is 17.7 Å². The monoisotopic (exact) mass is 276 g/mol. The van der Waals surface area contributed by atoms with Gasteiger partial charge in [-0.25, -0.2) is 9.78 Å². The second kappa shape index (κ2) is 5.53. The van der Waals surface area contributed by atoms with Gasteiger partial charge in [-0.1, -0.05) is 0 Å². The Bertz CT molecular complexity index is 516. The van der Waals surface area contributed by atoms with Crippen molar-refractivity contribution in [1.29, 1.82) is 5.26 Å². The number of nitrogens with zero attached hydrogens (tertiary/aromatic N) is 3. The number of carbonyl (C=O) groups excluding carboxylic acids is 1. The van der Waals surface area contributed by atoms with Crippen molar-refractivity contribution in [3.8, 4) is 6.07 Å². The fraction of sp³-hybridized carbons (Fsp3) is 0.643. The van der Waals surface area contributed by atoms with E-state index in [4.69, 9.17) is 10.00 Å². The lowest BCUT2D eigenvalue weighted by atomic mass is 9.96. The van der Waals surface area contributed by atoms with Gasteiger partial charge < -0.3 is 14.6 Å². The van der Waals surface area contributed by atoms with E-state index in [1.54, 1.807) is 11.1 Å². The molecule has 0 atom stereocenters. The van der Waals surface area contributed by atoms with E-state index in [2.05, 4.69) is 9.97 Å².